The zero-order valence-corrected chi connectivity index (χ0v) is 25.0. The van der Waals surface area contributed by atoms with Gasteiger partial charge in [0.1, 0.15) is 24.0 Å². The monoisotopic (exact) mass is 658 g/mol. The standard InChI is InChI=1S/C30H29F3N6O6S/c31-27-20-6-5-19(11-17(20)12-23(40)28(27)39-14-26(43)37-46(39)45)35-25(42)13-38-10-9-21(30(32,33)15-38)16-1-3-18(4-2-16)34-22-7-8-24(41)36-29(22)44/h1-6,11-12,21-22,34,40H,7-10,13-15H2,(H,35,42)(H,37,43)(H,36,41,44). The quantitative estimate of drug-likeness (QED) is 0.242. The third-order valence-electron chi connectivity index (χ3n) is 8.19. The third kappa shape index (κ3) is 6.35. The van der Waals surface area contributed by atoms with Gasteiger partial charge in [0.15, 0.2) is 5.82 Å². The number of carbonyl (C=O) groups excluding carboxylic acids is 4. The minimum Gasteiger partial charge on any atom is -0.506 e. The number of halogens is 3. The fourth-order valence-corrected chi connectivity index (χ4v) is 6.94. The molecule has 3 unspecified atom stereocenters. The highest BCUT2D eigenvalue weighted by Crippen LogP contribution is 2.41. The minimum absolute atomic E-state index is 0.0450. The summed E-state index contributed by atoms with van der Waals surface area (Å²) in [4.78, 5) is 49.1. The van der Waals surface area contributed by atoms with Crippen LogP contribution < -0.4 is 25.0 Å². The molecule has 0 radical (unpaired) electrons. The Kier molecular flexibility index (Phi) is 8.33. The molecule has 3 saturated heterocycles. The van der Waals surface area contributed by atoms with Gasteiger partial charge in [-0.15, -0.1) is 0 Å². The van der Waals surface area contributed by atoms with Gasteiger partial charge in [0.25, 0.3) is 11.8 Å². The third-order valence-corrected chi connectivity index (χ3v) is 9.31. The maximum Gasteiger partial charge on any atom is 0.267 e. The lowest BCUT2D eigenvalue weighted by Crippen LogP contribution is -2.49. The topological polar surface area (TPSA) is 160 Å². The average Bonchev–Trinajstić information content (AvgIpc) is 3.31. The van der Waals surface area contributed by atoms with Crippen LogP contribution in [0.15, 0.2) is 48.5 Å². The number of fused-ring (bicyclic) bond motifs is 1. The van der Waals surface area contributed by atoms with Gasteiger partial charge in [-0.1, -0.05) is 12.1 Å². The normalized spacial score (nSPS) is 23.2. The number of aromatic hydroxyl groups is 1. The van der Waals surface area contributed by atoms with Gasteiger partial charge in [0, 0.05) is 23.2 Å². The highest BCUT2D eigenvalue weighted by molar-refractivity contribution is 7.85. The number of piperidine rings is 2. The Bertz CT molecular complexity index is 1770. The molecule has 242 valence electrons. The first-order valence-corrected chi connectivity index (χ1v) is 15.5. The van der Waals surface area contributed by atoms with Crippen LogP contribution in [-0.4, -0.2) is 76.0 Å². The lowest BCUT2D eigenvalue weighted by atomic mass is 9.86. The van der Waals surface area contributed by atoms with Crippen LogP contribution in [0.4, 0.5) is 30.2 Å². The van der Waals surface area contributed by atoms with Crippen molar-refractivity contribution >= 4 is 62.6 Å². The predicted molar refractivity (Wildman–Crippen MR) is 163 cm³/mol. The van der Waals surface area contributed by atoms with E-state index in [-0.39, 0.29) is 48.3 Å². The van der Waals surface area contributed by atoms with Crippen molar-refractivity contribution in [3.05, 3.63) is 59.9 Å². The van der Waals surface area contributed by atoms with E-state index in [4.69, 9.17) is 0 Å². The van der Waals surface area contributed by atoms with Crippen molar-refractivity contribution in [1.29, 1.82) is 0 Å². The summed E-state index contributed by atoms with van der Waals surface area (Å²) in [5, 5.41) is 18.6. The molecule has 6 rings (SSSR count). The number of anilines is 3. The number of imide groups is 1. The number of phenols is 1. The Morgan fingerprint density at radius 3 is 2.46 bits per heavy atom. The van der Waals surface area contributed by atoms with E-state index in [1.807, 2.05) is 0 Å². The molecule has 5 N–H and O–H groups in total. The van der Waals surface area contributed by atoms with E-state index in [1.54, 1.807) is 24.3 Å². The van der Waals surface area contributed by atoms with Gasteiger partial charge < -0.3 is 15.7 Å². The van der Waals surface area contributed by atoms with Crippen LogP contribution in [0, 0.1) is 5.82 Å². The molecule has 3 atom stereocenters. The van der Waals surface area contributed by atoms with E-state index < -0.39 is 77.1 Å². The second-order valence-electron chi connectivity index (χ2n) is 11.4. The van der Waals surface area contributed by atoms with E-state index in [2.05, 4.69) is 20.7 Å². The number of rotatable bonds is 7. The average molecular weight is 659 g/mol. The summed E-state index contributed by atoms with van der Waals surface area (Å²) in [6.45, 7) is -1.12. The van der Waals surface area contributed by atoms with Crippen LogP contribution in [0.5, 0.6) is 5.75 Å². The van der Waals surface area contributed by atoms with Gasteiger partial charge in [0.05, 0.1) is 19.0 Å². The van der Waals surface area contributed by atoms with Gasteiger partial charge >= 0.3 is 0 Å². The first-order chi connectivity index (χ1) is 21.9. The Balaban J connectivity index is 1.06. The first-order valence-electron chi connectivity index (χ1n) is 14.4. The Morgan fingerprint density at radius 1 is 1.04 bits per heavy atom. The van der Waals surface area contributed by atoms with Crippen LogP contribution >= 0.6 is 0 Å². The number of hydrogen-bond acceptors (Lipinski definition) is 8. The molecule has 46 heavy (non-hydrogen) atoms. The van der Waals surface area contributed by atoms with Crippen LogP contribution in [0.3, 0.4) is 0 Å². The predicted octanol–water partition coefficient (Wildman–Crippen LogP) is 2.48. The zero-order valence-electron chi connectivity index (χ0n) is 24.1. The fraction of sp³-hybridized carbons (Fsp3) is 0.333. The summed E-state index contributed by atoms with van der Waals surface area (Å²) >= 11 is -2.05. The molecular weight excluding hydrogens is 629 g/mol. The molecule has 3 aromatic carbocycles. The smallest absolute Gasteiger partial charge is 0.267 e. The maximum absolute atomic E-state index is 15.3. The largest absolute Gasteiger partial charge is 0.506 e. The summed E-state index contributed by atoms with van der Waals surface area (Å²) in [6, 6.07) is 11.2. The Morgan fingerprint density at radius 2 is 1.78 bits per heavy atom. The molecule has 12 nitrogen and oxygen atoms in total. The highest BCUT2D eigenvalue weighted by Gasteiger charge is 2.45. The van der Waals surface area contributed by atoms with Crippen molar-refractivity contribution in [2.75, 3.05) is 41.1 Å². The molecule has 0 bridgehead atoms. The van der Waals surface area contributed by atoms with Crippen LogP contribution in [0.25, 0.3) is 10.8 Å². The second kappa shape index (κ2) is 12.2. The molecule has 3 fully saturated rings. The molecule has 3 heterocycles. The molecule has 3 aliphatic rings. The van der Waals surface area contributed by atoms with E-state index in [1.165, 1.54) is 29.2 Å². The molecule has 0 spiro atoms. The number of likely N-dealkylation sites (tertiary alicyclic amines) is 1. The van der Waals surface area contributed by atoms with Gasteiger partial charge in [-0.05, 0) is 66.7 Å². The number of benzene rings is 3. The van der Waals surface area contributed by atoms with Crippen LogP contribution in [0.1, 0.15) is 30.7 Å². The van der Waals surface area contributed by atoms with Crippen LogP contribution in [-0.2, 0) is 30.3 Å². The Hall–Kier alpha value is -4.70. The van der Waals surface area contributed by atoms with Crippen LogP contribution in [0.2, 0.25) is 0 Å². The maximum atomic E-state index is 15.3. The number of amides is 4. The molecule has 16 heteroatoms. The number of nitrogens with one attached hydrogen (secondary N) is 4. The van der Waals surface area contributed by atoms with E-state index in [0.29, 0.717) is 17.7 Å². The number of nitrogens with zero attached hydrogens (tertiary/aromatic N) is 2. The van der Waals surface area contributed by atoms with Crippen molar-refractivity contribution in [3.63, 3.8) is 0 Å². The molecule has 0 aromatic heterocycles. The van der Waals surface area contributed by atoms with Gasteiger partial charge in [-0.25, -0.2) is 17.4 Å². The summed E-state index contributed by atoms with van der Waals surface area (Å²) in [5.41, 5.74) is 0.847. The molecule has 0 aliphatic carbocycles. The number of carbonyl (C=O) groups is 4. The number of hydrogen-bond donors (Lipinski definition) is 5. The van der Waals surface area contributed by atoms with E-state index >= 15 is 13.2 Å². The fourth-order valence-electron chi connectivity index (χ4n) is 5.99. The molecule has 4 amide bonds. The van der Waals surface area contributed by atoms with E-state index in [9.17, 15) is 28.5 Å². The summed E-state index contributed by atoms with van der Waals surface area (Å²) in [7, 11) is 0. The highest BCUT2D eigenvalue weighted by atomic mass is 32.2. The van der Waals surface area contributed by atoms with Gasteiger partial charge in [-0.2, -0.15) is 0 Å². The lowest BCUT2D eigenvalue weighted by Gasteiger charge is -2.38. The van der Waals surface area contributed by atoms with Crippen molar-refractivity contribution in [2.24, 2.45) is 0 Å². The van der Waals surface area contributed by atoms with Gasteiger partial charge in [0.2, 0.25) is 28.9 Å². The second-order valence-corrected chi connectivity index (χ2v) is 12.6. The minimum atomic E-state index is -3.13. The van der Waals surface area contributed by atoms with Gasteiger partial charge in [-0.3, -0.25) is 38.4 Å². The SMILES string of the molecule is O=C1CCC(Nc2ccc(C3CCN(CC(=O)Nc4ccc5c(F)c(N6CC(=O)NS6=O)c(O)cc5c4)CC3(F)F)cc2)C(=O)N1. The zero-order chi connectivity index (χ0) is 32.7. The molecular formula is C30H29F3N6O6S. The summed E-state index contributed by atoms with van der Waals surface area (Å²) in [5.74, 6) is -7.57. The first kappa shape index (κ1) is 31.3. The molecule has 3 aliphatic heterocycles. The van der Waals surface area contributed by atoms with E-state index in [0.717, 1.165) is 4.31 Å². The van der Waals surface area contributed by atoms with Crippen molar-refractivity contribution in [1.82, 2.24) is 14.9 Å². The molecule has 3 aromatic rings. The number of alkyl halides is 2. The summed E-state index contributed by atoms with van der Waals surface area (Å²) < 4.78 is 61.0. The Labute approximate surface area is 263 Å². The summed E-state index contributed by atoms with van der Waals surface area (Å²) in [6.07, 6.45) is 0.649. The lowest BCUT2D eigenvalue weighted by molar-refractivity contribution is -0.133. The van der Waals surface area contributed by atoms with Crippen molar-refractivity contribution in [2.45, 2.75) is 37.1 Å². The number of phenolic OH excluding ortho intramolecular Hbond substituents is 1. The molecule has 0 saturated carbocycles. The van der Waals surface area contributed by atoms with Crippen molar-refractivity contribution in [3.8, 4) is 5.75 Å². The van der Waals surface area contributed by atoms with Crippen molar-refractivity contribution < 1.29 is 41.7 Å².